The topological polar surface area (TPSA) is 60.0 Å². The molecule has 0 radical (unpaired) electrons. The molecule has 0 saturated heterocycles. The molecule has 5 heteroatoms. The molecule has 0 aliphatic heterocycles. The summed E-state index contributed by atoms with van der Waals surface area (Å²) in [6.07, 6.45) is 0.608. The van der Waals surface area contributed by atoms with E-state index in [1.54, 1.807) is 7.11 Å². The average Bonchev–Trinajstić information content (AvgIpc) is 2.46. The van der Waals surface area contributed by atoms with Gasteiger partial charge in [0, 0.05) is 38.8 Å². The number of hydrogen-bond acceptors (Lipinski definition) is 5. The minimum absolute atomic E-state index is 0.123. The Morgan fingerprint density at radius 2 is 2.05 bits per heavy atom. The maximum absolute atomic E-state index is 8.85. The second kappa shape index (κ2) is 10.5. The van der Waals surface area contributed by atoms with E-state index in [1.807, 2.05) is 25.1 Å². The third kappa shape index (κ3) is 5.77. The molecule has 0 aliphatic carbocycles. The predicted octanol–water partition coefficient (Wildman–Crippen LogP) is 1.58. The van der Waals surface area contributed by atoms with E-state index in [9.17, 15) is 0 Å². The molecule has 0 aliphatic rings. The molecule has 114 valence electrons. The van der Waals surface area contributed by atoms with Gasteiger partial charge in [-0.25, -0.2) is 0 Å². The lowest BCUT2D eigenvalue weighted by atomic mass is 10.2. The van der Waals surface area contributed by atoms with Crippen LogP contribution in [0, 0.1) is 0 Å². The SMILES string of the molecule is CCOc1cccc(CNCCOC)c1OCCCO. The molecular formula is C15H25NO4. The number of hydrogen-bond donors (Lipinski definition) is 2. The van der Waals surface area contributed by atoms with Crippen molar-refractivity contribution in [1.82, 2.24) is 5.32 Å². The minimum Gasteiger partial charge on any atom is -0.490 e. The molecule has 0 spiro atoms. The van der Waals surface area contributed by atoms with E-state index in [0.717, 1.165) is 23.6 Å². The van der Waals surface area contributed by atoms with Crippen LogP contribution in [0.5, 0.6) is 11.5 Å². The van der Waals surface area contributed by atoms with Crippen molar-refractivity contribution in [3.05, 3.63) is 23.8 Å². The van der Waals surface area contributed by atoms with E-state index < -0.39 is 0 Å². The normalized spacial score (nSPS) is 10.6. The molecule has 0 amide bonds. The maximum atomic E-state index is 8.85. The molecule has 0 unspecified atom stereocenters. The molecular weight excluding hydrogens is 258 g/mol. The summed E-state index contributed by atoms with van der Waals surface area (Å²) in [7, 11) is 1.68. The van der Waals surface area contributed by atoms with Gasteiger partial charge in [0.25, 0.3) is 0 Å². The Balaban J connectivity index is 2.70. The number of ether oxygens (including phenoxy) is 3. The van der Waals surface area contributed by atoms with Gasteiger partial charge in [0.1, 0.15) is 0 Å². The van der Waals surface area contributed by atoms with Gasteiger partial charge in [-0.15, -0.1) is 0 Å². The van der Waals surface area contributed by atoms with Gasteiger partial charge in [-0.3, -0.25) is 0 Å². The Hall–Kier alpha value is -1.30. The molecule has 1 aromatic rings. The lowest BCUT2D eigenvalue weighted by Gasteiger charge is -2.16. The highest BCUT2D eigenvalue weighted by Gasteiger charge is 2.10. The summed E-state index contributed by atoms with van der Waals surface area (Å²) in [4.78, 5) is 0. The van der Waals surface area contributed by atoms with Gasteiger partial charge < -0.3 is 24.6 Å². The van der Waals surface area contributed by atoms with Crippen molar-refractivity contribution < 1.29 is 19.3 Å². The quantitative estimate of drug-likeness (QED) is 0.604. The molecule has 0 heterocycles. The number of nitrogens with one attached hydrogen (secondary N) is 1. The van der Waals surface area contributed by atoms with Crippen LogP contribution in [0.1, 0.15) is 18.9 Å². The third-order valence-corrected chi connectivity index (χ3v) is 2.71. The number of aliphatic hydroxyl groups excluding tert-OH is 1. The zero-order valence-corrected chi connectivity index (χ0v) is 12.4. The van der Waals surface area contributed by atoms with Crippen LogP contribution in [0.4, 0.5) is 0 Å². The van der Waals surface area contributed by atoms with E-state index in [-0.39, 0.29) is 6.61 Å². The lowest BCUT2D eigenvalue weighted by Crippen LogP contribution is -2.19. The lowest BCUT2D eigenvalue weighted by molar-refractivity contribution is 0.198. The van der Waals surface area contributed by atoms with Crippen molar-refractivity contribution in [2.24, 2.45) is 0 Å². The Morgan fingerprint density at radius 1 is 1.20 bits per heavy atom. The fraction of sp³-hybridized carbons (Fsp3) is 0.600. The molecule has 1 aromatic carbocycles. The number of methoxy groups -OCH3 is 1. The second-order valence-corrected chi connectivity index (χ2v) is 4.27. The van der Waals surface area contributed by atoms with E-state index in [4.69, 9.17) is 19.3 Å². The monoisotopic (exact) mass is 283 g/mol. The molecule has 0 atom stereocenters. The molecule has 20 heavy (non-hydrogen) atoms. The van der Waals surface area contributed by atoms with Gasteiger partial charge in [0.05, 0.1) is 19.8 Å². The first-order valence-corrected chi connectivity index (χ1v) is 7.01. The van der Waals surface area contributed by atoms with E-state index in [0.29, 0.717) is 32.8 Å². The van der Waals surface area contributed by atoms with Gasteiger partial charge in [0.2, 0.25) is 0 Å². The average molecular weight is 283 g/mol. The van der Waals surface area contributed by atoms with Gasteiger partial charge in [-0.2, -0.15) is 0 Å². The molecule has 0 aromatic heterocycles. The summed E-state index contributed by atoms with van der Waals surface area (Å²) in [6, 6.07) is 5.87. The molecule has 5 nitrogen and oxygen atoms in total. The molecule has 1 rings (SSSR count). The smallest absolute Gasteiger partial charge is 0.165 e. The standard InChI is InChI=1S/C15H25NO4/c1-3-19-14-7-4-6-13(12-16-8-11-18-2)15(14)20-10-5-9-17/h4,6-7,16-17H,3,5,8-12H2,1-2H3. The highest BCUT2D eigenvalue weighted by atomic mass is 16.5. The summed E-state index contributed by atoms with van der Waals surface area (Å²) in [6.45, 7) is 5.29. The highest BCUT2D eigenvalue weighted by Crippen LogP contribution is 2.31. The fourth-order valence-electron chi connectivity index (χ4n) is 1.77. The van der Waals surface area contributed by atoms with Crippen molar-refractivity contribution in [1.29, 1.82) is 0 Å². The first kappa shape index (κ1) is 16.8. The van der Waals surface area contributed by atoms with Gasteiger partial charge in [0.15, 0.2) is 11.5 Å². The van der Waals surface area contributed by atoms with Crippen molar-refractivity contribution in [3.63, 3.8) is 0 Å². The fourth-order valence-corrected chi connectivity index (χ4v) is 1.77. The highest BCUT2D eigenvalue weighted by molar-refractivity contribution is 5.46. The van der Waals surface area contributed by atoms with Crippen LogP contribution >= 0.6 is 0 Å². The first-order valence-electron chi connectivity index (χ1n) is 7.01. The molecule has 0 fully saturated rings. The molecule has 0 bridgehead atoms. The predicted molar refractivity (Wildman–Crippen MR) is 78.4 cm³/mol. The first-order chi connectivity index (χ1) is 9.83. The summed E-state index contributed by atoms with van der Waals surface area (Å²) < 4.78 is 16.4. The summed E-state index contributed by atoms with van der Waals surface area (Å²) in [5.74, 6) is 1.50. The number of rotatable bonds is 11. The zero-order chi connectivity index (χ0) is 14.6. The number of para-hydroxylation sites is 1. The summed E-state index contributed by atoms with van der Waals surface area (Å²) in [5.41, 5.74) is 1.05. The summed E-state index contributed by atoms with van der Waals surface area (Å²) in [5, 5.41) is 12.1. The van der Waals surface area contributed by atoms with Gasteiger partial charge >= 0.3 is 0 Å². The second-order valence-electron chi connectivity index (χ2n) is 4.27. The summed E-state index contributed by atoms with van der Waals surface area (Å²) >= 11 is 0. The maximum Gasteiger partial charge on any atom is 0.165 e. The van der Waals surface area contributed by atoms with Crippen LogP contribution in [0.15, 0.2) is 18.2 Å². The Morgan fingerprint density at radius 3 is 2.75 bits per heavy atom. The van der Waals surface area contributed by atoms with E-state index >= 15 is 0 Å². The van der Waals surface area contributed by atoms with Crippen LogP contribution in [0.3, 0.4) is 0 Å². The van der Waals surface area contributed by atoms with Gasteiger partial charge in [-0.05, 0) is 13.0 Å². The minimum atomic E-state index is 0.123. The van der Waals surface area contributed by atoms with Crippen molar-refractivity contribution in [2.75, 3.05) is 40.1 Å². The van der Waals surface area contributed by atoms with Crippen LogP contribution in [0.25, 0.3) is 0 Å². The Bertz CT molecular complexity index is 371. The van der Waals surface area contributed by atoms with Crippen LogP contribution < -0.4 is 14.8 Å². The Kier molecular flexibility index (Phi) is 8.78. The van der Waals surface area contributed by atoms with Crippen molar-refractivity contribution in [2.45, 2.75) is 19.9 Å². The zero-order valence-electron chi connectivity index (χ0n) is 12.4. The van der Waals surface area contributed by atoms with Crippen molar-refractivity contribution >= 4 is 0 Å². The third-order valence-electron chi connectivity index (χ3n) is 2.71. The Labute approximate surface area is 120 Å². The number of aliphatic hydroxyl groups is 1. The molecule has 2 N–H and O–H groups in total. The number of benzene rings is 1. The van der Waals surface area contributed by atoms with Gasteiger partial charge in [-0.1, -0.05) is 12.1 Å². The molecule has 0 saturated carbocycles. The van der Waals surface area contributed by atoms with Crippen LogP contribution in [0.2, 0.25) is 0 Å². The van der Waals surface area contributed by atoms with Crippen LogP contribution in [-0.4, -0.2) is 45.2 Å². The van der Waals surface area contributed by atoms with E-state index in [2.05, 4.69) is 5.32 Å². The van der Waals surface area contributed by atoms with Crippen LogP contribution in [-0.2, 0) is 11.3 Å². The largest absolute Gasteiger partial charge is 0.490 e. The van der Waals surface area contributed by atoms with Crippen molar-refractivity contribution in [3.8, 4) is 11.5 Å². The van der Waals surface area contributed by atoms with E-state index in [1.165, 1.54) is 0 Å².